The van der Waals surface area contributed by atoms with E-state index >= 15 is 0 Å². The van der Waals surface area contributed by atoms with Crippen LogP contribution in [0.2, 0.25) is 0 Å². The quantitative estimate of drug-likeness (QED) is 0.824. The van der Waals surface area contributed by atoms with Gasteiger partial charge in [0.2, 0.25) is 0 Å². The van der Waals surface area contributed by atoms with Crippen LogP contribution in [0.1, 0.15) is 15.9 Å². The van der Waals surface area contributed by atoms with Crippen molar-refractivity contribution >= 4 is 11.9 Å². The first-order valence-electron chi connectivity index (χ1n) is 6.00. The normalized spacial score (nSPS) is 19.3. The Morgan fingerprint density at radius 3 is 2.79 bits per heavy atom. The number of hydrogen-bond acceptors (Lipinski definition) is 3. The summed E-state index contributed by atoms with van der Waals surface area (Å²) in [5, 5.41) is 12.0. The fraction of sp³-hybridized carbons (Fsp3) is 0.385. The maximum absolute atomic E-state index is 13.3. The van der Waals surface area contributed by atoms with Crippen molar-refractivity contribution in [1.82, 2.24) is 10.2 Å². The molecule has 0 aliphatic carbocycles. The summed E-state index contributed by atoms with van der Waals surface area (Å²) in [5.74, 6) is -2.00. The smallest absolute Gasteiger partial charge is 0.327 e. The molecule has 0 saturated carbocycles. The van der Waals surface area contributed by atoms with Crippen LogP contribution in [0.5, 0.6) is 0 Å². The number of nitrogens with zero attached hydrogens (tertiary/aromatic N) is 1. The van der Waals surface area contributed by atoms with Crippen LogP contribution in [0.25, 0.3) is 0 Å². The lowest BCUT2D eigenvalue weighted by atomic mass is 10.1. The van der Waals surface area contributed by atoms with Gasteiger partial charge in [0.25, 0.3) is 5.91 Å². The molecule has 102 valence electrons. The van der Waals surface area contributed by atoms with Crippen LogP contribution < -0.4 is 5.32 Å². The van der Waals surface area contributed by atoms with E-state index in [2.05, 4.69) is 5.32 Å². The van der Waals surface area contributed by atoms with Crippen molar-refractivity contribution in [2.24, 2.45) is 0 Å². The Hall–Kier alpha value is -1.95. The second-order valence-corrected chi connectivity index (χ2v) is 4.57. The van der Waals surface area contributed by atoms with Crippen LogP contribution in [0.3, 0.4) is 0 Å². The molecule has 1 unspecified atom stereocenters. The van der Waals surface area contributed by atoms with Gasteiger partial charge in [-0.3, -0.25) is 4.79 Å². The summed E-state index contributed by atoms with van der Waals surface area (Å²) in [4.78, 5) is 24.7. The minimum Gasteiger partial charge on any atom is -0.480 e. The molecule has 0 aromatic heterocycles. The number of carbonyl (C=O) groups excluding carboxylic acids is 1. The lowest BCUT2D eigenvalue weighted by molar-refractivity contribution is -0.142. The summed E-state index contributed by atoms with van der Waals surface area (Å²) in [6.45, 7) is 2.72. The van der Waals surface area contributed by atoms with Crippen molar-refractivity contribution in [2.45, 2.75) is 13.0 Å². The summed E-state index contributed by atoms with van der Waals surface area (Å²) < 4.78 is 13.3. The number of amides is 1. The minimum absolute atomic E-state index is 0.186. The number of aliphatic carboxylic acids is 1. The van der Waals surface area contributed by atoms with Gasteiger partial charge in [-0.2, -0.15) is 0 Å². The van der Waals surface area contributed by atoms with Crippen molar-refractivity contribution in [3.8, 4) is 0 Å². The Morgan fingerprint density at radius 1 is 1.42 bits per heavy atom. The Labute approximate surface area is 110 Å². The summed E-state index contributed by atoms with van der Waals surface area (Å²) in [6.07, 6.45) is 0. The fourth-order valence-corrected chi connectivity index (χ4v) is 2.19. The molecular formula is C13H15FN2O3. The van der Waals surface area contributed by atoms with E-state index in [1.54, 1.807) is 13.0 Å². The lowest BCUT2D eigenvalue weighted by Gasteiger charge is -2.33. The zero-order valence-electron chi connectivity index (χ0n) is 10.5. The van der Waals surface area contributed by atoms with E-state index in [4.69, 9.17) is 5.11 Å². The SMILES string of the molecule is Cc1cc(F)cc(C(=O)N2CCNCC2C(=O)O)c1. The lowest BCUT2D eigenvalue weighted by Crippen LogP contribution is -2.57. The molecule has 1 heterocycles. The number of nitrogens with one attached hydrogen (secondary N) is 1. The molecule has 1 atom stereocenters. The zero-order chi connectivity index (χ0) is 14.0. The Morgan fingerprint density at radius 2 is 2.16 bits per heavy atom. The Balaban J connectivity index is 2.28. The van der Waals surface area contributed by atoms with Gasteiger partial charge in [0.05, 0.1) is 0 Å². The number of halogens is 1. The molecule has 1 saturated heterocycles. The summed E-state index contributed by atoms with van der Waals surface area (Å²) in [7, 11) is 0. The average molecular weight is 266 g/mol. The molecule has 2 rings (SSSR count). The molecule has 1 aliphatic heterocycles. The van der Waals surface area contributed by atoms with Crippen LogP contribution in [0.15, 0.2) is 18.2 Å². The van der Waals surface area contributed by atoms with Gasteiger partial charge < -0.3 is 15.3 Å². The molecule has 5 nitrogen and oxygen atoms in total. The molecule has 1 aromatic rings. The van der Waals surface area contributed by atoms with Gasteiger partial charge in [0.15, 0.2) is 0 Å². The van der Waals surface area contributed by atoms with Gasteiger partial charge in [-0.25, -0.2) is 9.18 Å². The van der Waals surface area contributed by atoms with E-state index in [1.807, 2.05) is 0 Å². The van der Waals surface area contributed by atoms with Gasteiger partial charge in [0.1, 0.15) is 11.9 Å². The van der Waals surface area contributed by atoms with E-state index in [0.717, 1.165) is 6.07 Å². The molecule has 1 aromatic carbocycles. The van der Waals surface area contributed by atoms with Crippen molar-refractivity contribution in [3.63, 3.8) is 0 Å². The van der Waals surface area contributed by atoms with E-state index in [1.165, 1.54) is 11.0 Å². The molecule has 0 radical (unpaired) electrons. The van der Waals surface area contributed by atoms with Gasteiger partial charge in [-0.05, 0) is 30.7 Å². The summed E-state index contributed by atoms with van der Waals surface area (Å²) in [5.41, 5.74) is 0.816. The highest BCUT2D eigenvalue weighted by molar-refractivity contribution is 5.97. The number of aryl methyl sites for hydroxylation is 1. The molecule has 2 N–H and O–H groups in total. The first kappa shape index (κ1) is 13.5. The number of benzene rings is 1. The van der Waals surface area contributed by atoms with Crippen molar-refractivity contribution in [3.05, 3.63) is 35.1 Å². The average Bonchev–Trinajstić information content (AvgIpc) is 2.36. The molecule has 1 aliphatic rings. The maximum Gasteiger partial charge on any atom is 0.327 e. The van der Waals surface area contributed by atoms with Crippen LogP contribution >= 0.6 is 0 Å². The second-order valence-electron chi connectivity index (χ2n) is 4.57. The highest BCUT2D eigenvalue weighted by Crippen LogP contribution is 2.14. The Bertz CT molecular complexity index is 498. The molecule has 0 bridgehead atoms. The highest BCUT2D eigenvalue weighted by Gasteiger charge is 2.32. The largest absolute Gasteiger partial charge is 0.480 e. The van der Waals surface area contributed by atoms with E-state index in [-0.39, 0.29) is 12.1 Å². The van der Waals surface area contributed by atoms with Gasteiger partial charge in [-0.1, -0.05) is 0 Å². The van der Waals surface area contributed by atoms with Crippen LogP contribution in [0, 0.1) is 12.7 Å². The van der Waals surface area contributed by atoms with E-state index < -0.39 is 23.7 Å². The number of carboxylic acid groups (broad SMARTS) is 1. The molecular weight excluding hydrogens is 251 g/mol. The number of carbonyl (C=O) groups is 2. The van der Waals surface area contributed by atoms with Crippen LogP contribution in [-0.2, 0) is 4.79 Å². The first-order chi connectivity index (χ1) is 8.99. The van der Waals surface area contributed by atoms with Gasteiger partial charge in [-0.15, -0.1) is 0 Å². The molecule has 6 heteroatoms. The molecule has 19 heavy (non-hydrogen) atoms. The molecule has 1 fully saturated rings. The third-order valence-corrected chi connectivity index (χ3v) is 3.08. The summed E-state index contributed by atoms with van der Waals surface area (Å²) >= 11 is 0. The zero-order valence-corrected chi connectivity index (χ0v) is 10.5. The standard InChI is InChI=1S/C13H15FN2O3/c1-8-4-9(6-10(14)5-8)12(17)16-3-2-15-7-11(16)13(18)19/h4-6,11,15H,2-3,7H2,1H3,(H,18,19). The van der Waals surface area contributed by atoms with E-state index in [0.29, 0.717) is 18.7 Å². The number of hydrogen-bond donors (Lipinski definition) is 2. The second kappa shape index (κ2) is 5.36. The third-order valence-electron chi connectivity index (χ3n) is 3.08. The number of carboxylic acids is 1. The van der Waals surface area contributed by atoms with Gasteiger partial charge >= 0.3 is 5.97 Å². The van der Waals surface area contributed by atoms with Crippen molar-refractivity contribution in [2.75, 3.05) is 19.6 Å². The molecule has 0 spiro atoms. The minimum atomic E-state index is -1.06. The van der Waals surface area contributed by atoms with Crippen LogP contribution in [-0.4, -0.2) is 47.6 Å². The predicted molar refractivity (Wildman–Crippen MR) is 66.5 cm³/mol. The topological polar surface area (TPSA) is 69.6 Å². The van der Waals surface area contributed by atoms with E-state index in [9.17, 15) is 14.0 Å². The molecule has 1 amide bonds. The number of rotatable bonds is 2. The van der Waals surface area contributed by atoms with Gasteiger partial charge in [0, 0.05) is 25.2 Å². The van der Waals surface area contributed by atoms with Crippen LogP contribution in [0.4, 0.5) is 4.39 Å². The van der Waals surface area contributed by atoms with Crippen molar-refractivity contribution < 1.29 is 19.1 Å². The third kappa shape index (κ3) is 2.90. The first-order valence-corrected chi connectivity index (χ1v) is 6.00. The van der Waals surface area contributed by atoms with Crippen molar-refractivity contribution in [1.29, 1.82) is 0 Å². The maximum atomic E-state index is 13.3. The monoisotopic (exact) mass is 266 g/mol. The number of piperazine rings is 1. The fourth-order valence-electron chi connectivity index (χ4n) is 2.19. The predicted octanol–water partition coefficient (Wildman–Crippen LogP) is 0.633. The Kier molecular flexibility index (Phi) is 3.80. The highest BCUT2D eigenvalue weighted by atomic mass is 19.1. The summed E-state index contributed by atoms with van der Waals surface area (Å²) in [6, 6.07) is 3.11.